The Hall–Kier alpha value is -1.68. The van der Waals surface area contributed by atoms with Crippen molar-refractivity contribution >= 4 is 11.8 Å². The predicted octanol–water partition coefficient (Wildman–Crippen LogP) is 0.565. The molecular formula is C13H18NO3+. The van der Waals surface area contributed by atoms with Gasteiger partial charge in [-0.1, -0.05) is 44.2 Å². The molecule has 0 aliphatic rings. The Morgan fingerprint density at radius 3 is 2.35 bits per heavy atom. The van der Waals surface area contributed by atoms with Gasteiger partial charge >= 0.3 is 5.97 Å². The van der Waals surface area contributed by atoms with E-state index in [4.69, 9.17) is 4.74 Å². The van der Waals surface area contributed by atoms with Gasteiger partial charge in [0.05, 0.1) is 0 Å². The van der Waals surface area contributed by atoms with Crippen LogP contribution in [0.25, 0.3) is 0 Å². The number of quaternary nitrogens is 1. The fraction of sp³-hybridized carbons (Fsp3) is 0.385. The number of carbonyl (C=O) groups excluding carboxylic acids is 2. The summed E-state index contributed by atoms with van der Waals surface area (Å²) in [6.07, 6.45) is 0. The number of ketones is 1. The zero-order valence-corrected chi connectivity index (χ0v) is 10.2. The van der Waals surface area contributed by atoms with Gasteiger partial charge in [0.1, 0.15) is 6.61 Å². The molecule has 17 heavy (non-hydrogen) atoms. The first-order valence-corrected chi connectivity index (χ1v) is 5.59. The molecule has 3 N–H and O–H groups in total. The standard InChI is InChI=1S/C13H17NO3/c1-9(2)12(15)11(14)13(16)17-8-10-6-4-3-5-7-10/h3-7,9,11H,8,14H2,1-2H3/p+1. The molecular weight excluding hydrogens is 218 g/mol. The second-order valence-corrected chi connectivity index (χ2v) is 4.20. The monoisotopic (exact) mass is 236 g/mol. The van der Waals surface area contributed by atoms with Crippen LogP contribution in [0.2, 0.25) is 0 Å². The van der Waals surface area contributed by atoms with Crippen LogP contribution in [0.1, 0.15) is 19.4 Å². The molecule has 4 nitrogen and oxygen atoms in total. The third-order valence-corrected chi connectivity index (χ3v) is 2.42. The summed E-state index contributed by atoms with van der Waals surface area (Å²) in [6, 6.07) is 8.40. The molecule has 1 atom stereocenters. The average molecular weight is 236 g/mol. The van der Waals surface area contributed by atoms with E-state index in [0.717, 1.165) is 5.56 Å². The van der Waals surface area contributed by atoms with Crippen LogP contribution < -0.4 is 5.73 Å². The van der Waals surface area contributed by atoms with Crippen molar-refractivity contribution in [3.05, 3.63) is 35.9 Å². The lowest BCUT2D eigenvalue weighted by Crippen LogP contribution is -2.69. The summed E-state index contributed by atoms with van der Waals surface area (Å²) >= 11 is 0. The average Bonchev–Trinajstić information content (AvgIpc) is 2.35. The summed E-state index contributed by atoms with van der Waals surface area (Å²) < 4.78 is 5.04. The Morgan fingerprint density at radius 2 is 1.82 bits per heavy atom. The highest BCUT2D eigenvalue weighted by atomic mass is 16.5. The van der Waals surface area contributed by atoms with Gasteiger partial charge in [-0.25, -0.2) is 4.79 Å². The van der Waals surface area contributed by atoms with Gasteiger partial charge in [0.2, 0.25) is 11.8 Å². The molecule has 1 aromatic rings. The van der Waals surface area contributed by atoms with Crippen molar-refractivity contribution < 1.29 is 20.1 Å². The van der Waals surface area contributed by atoms with Crippen LogP contribution in [-0.4, -0.2) is 17.8 Å². The van der Waals surface area contributed by atoms with Crippen LogP contribution in [0, 0.1) is 5.92 Å². The van der Waals surface area contributed by atoms with Gasteiger partial charge in [-0.15, -0.1) is 0 Å². The highest BCUT2D eigenvalue weighted by molar-refractivity contribution is 6.02. The Kier molecular flexibility index (Phi) is 4.84. The molecule has 1 rings (SSSR count). The first-order valence-electron chi connectivity index (χ1n) is 5.59. The molecule has 1 unspecified atom stereocenters. The Bertz CT molecular complexity index is 387. The quantitative estimate of drug-likeness (QED) is 0.600. The third-order valence-electron chi connectivity index (χ3n) is 2.42. The number of esters is 1. The molecule has 0 saturated carbocycles. The Labute approximate surface area is 101 Å². The van der Waals surface area contributed by atoms with Crippen LogP contribution >= 0.6 is 0 Å². The summed E-state index contributed by atoms with van der Waals surface area (Å²) in [5.41, 5.74) is 4.44. The largest absolute Gasteiger partial charge is 0.456 e. The van der Waals surface area contributed by atoms with Crippen LogP contribution in [0.3, 0.4) is 0 Å². The first kappa shape index (κ1) is 13.4. The van der Waals surface area contributed by atoms with Gasteiger partial charge in [0, 0.05) is 5.92 Å². The van der Waals surface area contributed by atoms with E-state index >= 15 is 0 Å². The Balaban J connectivity index is 2.48. The predicted molar refractivity (Wildman–Crippen MR) is 62.8 cm³/mol. The number of rotatable bonds is 5. The molecule has 1 aromatic carbocycles. The number of hydrogen-bond acceptors (Lipinski definition) is 3. The maximum Gasteiger partial charge on any atom is 0.373 e. The molecule has 0 aliphatic carbocycles. The lowest BCUT2D eigenvalue weighted by Gasteiger charge is -2.10. The third kappa shape index (κ3) is 4.00. The van der Waals surface area contributed by atoms with Crippen LogP contribution in [0.4, 0.5) is 0 Å². The zero-order chi connectivity index (χ0) is 12.8. The van der Waals surface area contributed by atoms with Crippen molar-refractivity contribution in [3.63, 3.8) is 0 Å². The van der Waals surface area contributed by atoms with Gasteiger partial charge in [-0.05, 0) is 5.56 Å². The van der Waals surface area contributed by atoms with Crippen LogP contribution in [-0.2, 0) is 20.9 Å². The molecule has 0 saturated heterocycles. The summed E-state index contributed by atoms with van der Waals surface area (Å²) in [5, 5.41) is 0. The second-order valence-electron chi connectivity index (χ2n) is 4.20. The lowest BCUT2D eigenvalue weighted by molar-refractivity contribution is -0.394. The second kappa shape index (κ2) is 6.15. The smallest absolute Gasteiger partial charge is 0.373 e. The van der Waals surface area contributed by atoms with Crippen molar-refractivity contribution in [2.45, 2.75) is 26.5 Å². The van der Waals surface area contributed by atoms with Crippen molar-refractivity contribution in [2.24, 2.45) is 5.92 Å². The normalized spacial score (nSPS) is 12.2. The minimum Gasteiger partial charge on any atom is -0.456 e. The fourth-order valence-electron chi connectivity index (χ4n) is 1.35. The van der Waals surface area contributed by atoms with Crippen molar-refractivity contribution in [2.75, 3.05) is 0 Å². The molecule has 0 radical (unpaired) electrons. The minimum atomic E-state index is -0.932. The van der Waals surface area contributed by atoms with Crippen molar-refractivity contribution in [3.8, 4) is 0 Å². The van der Waals surface area contributed by atoms with E-state index < -0.39 is 12.0 Å². The minimum absolute atomic E-state index is 0.178. The first-order chi connectivity index (χ1) is 8.02. The molecule has 0 heterocycles. The van der Waals surface area contributed by atoms with E-state index in [9.17, 15) is 9.59 Å². The molecule has 0 amide bonds. The maximum atomic E-state index is 11.6. The SMILES string of the molecule is CC(C)C(=O)C([NH3+])C(=O)OCc1ccccc1. The van der Waals surface area contributed by atoms with Crippen LogP contribution in [0.15, 0.2) is 30.3 Å². The molecule has 0 aliphatic heterocycles. The van der Waals surface area contributed by atoms with E-state index in [0.29, 0.717) is 0 Å². The lowest BCUT2D eigenvalue weighted by atomic mass is 10.0. The molecule has 0 spiro atoms. The molecule has 92 valence electrons. The summed E-state index contributed by atoms with van der Waals surface area (Å²) in [7, 11) is 0. The zero-order valence-electron chi connectivity index (χ0n) is 10.2. The van der Waals surface area contributed by atoms with Crippen molar-refractivity contribution in [1.29, 1.82) is 0 Å². The molecule has 0 aromatic heterocycles. The van der Waals surface area contributed by atoms with Gasteiger partial charge in [-0.3, -0.25) is 4.79 Å². The number of Topliss-reactive ketones (excluding diaryl/α,β-unsaturated/α-hetero) is 1. The molecule has 0 bridgehead atoms. The number of ether oxygens (including phenoxy) is 1. The van der Waals surface area contributed by atoms with Gasteiger partial charge in [-0.2, -0.15) is 0 Å². The summed E-state index contributed by atoms with van der Waals surface area (Å²) in [4.78, 5) is 23.1. The van der Waals surface area contributed by atoms with E-state index in [2.05, 4.69) is 5.73 Å². The van der Waals surface area contributed by atoms with E-state index in [1.807, 2.05) is 30.3 Å². The van der Waals surface area contributed by atoms with Gasteiger partial charge in [0.25, 0.3) is 0 Å². The van der Waals surface area contributed by atoms with E-state index in [-0.39, 0.29) is 18.3 Å². The summed E-state index contributed by atoms with van der Waals surface area (Å²) in [6.45, 7) is 3.66. The maximum absolute atomic E-state index is 11.6. The van der Waals surface area contributed by atoms with Crippen LogP contribution in [0.5, 0.6) is 0 Å². The highest BCUT2D eigenvalue weighted by Gasteiger charge is 2.29. The topological polar surface area (TPSA) is 71.0 Å². The van der Waals surface area contributed by atoms with E-state index in [1.54, 1.807) is 13.8 Å². The number of hydrogen-bond donors (Lipinski definition) is 1. The number of benzene rings is 1. The summed E-state index contributed by atoms with van der Waals surface area (Å²) in [5.74, 6) is -0.961. The van der Waals surface area contributed by atoms with Gasteiger partial charge in [0.15, 0.2) is 0 Å². The molecule has 4 heteroatoms. The Morgan fingerprint density at radius 1 is 1.24 bits per heavy atom. The highest BCUT2D eigenvalue weighted by Crippen LogP contribution is 2.03. The molecule has 0 fully saturated rings. The van der Waals surface area contributed by atoms with Gasteiger partial charge < -0.3 is 10.5 Å². The number of carbonyl (C=O) groups is 2. The van der Waals surface area contributed by atoms with E-state index in [1.165, 1.54) is 0 Å². The fourth-order valence-corrected chi connectivity index (χ4v) is 1.35. The van der Waals surface area contributed by atoms with Crippen molar-refractivity contribution in [1.82, 2.24) is 0 Å².